The van der Waals surface area contributed by atoms with Crippen molar-refractivity contribution >= 4 is 5.91 Å². The van der Waals surface area contributed by atoms with Gasteiger partial charge in [0, 0.05) is 18.0 Å². The van der Waals surface area contributed by atoms with Crippen LogP contribution in [0.5, 0.6) is 5.75 Å². The molecule has 122 valence electrons. The smallest absolute Gasteiger partial charge is 0.224 e. The van der Waals surface area contributed by atoms with Gasteiger partial charge in [-0.2, -0.15) is 0 Å². The number of hydrogen-bond acceptors (Lipinski definition) is 3. The predicted molar refractivity (Wildman–Crippen MR) is 84.3 cm³/mol. The summed E-state index contributed by atoms with van der Waals surface area (Å²) in [5.41, 5.74) is -0.0622. The molecule has 1 aromatic rings. The van der Waals surface area contributed by atoms with E-state index in [1.807, 2.05) is 20.8 Å². The molecule has 4 nitrogen and oxygen atoms in total. The number of nitrogens with one attached hydrogen (secondary N) is 1. The third-order valence-electron chi connectivity index (χ3n) is 4.21. The Morgan fingerprint density at radius 3 is 2.68 bits per heavy atom. The van der Waals surface area contributed by atoms with E-state index in [2.05, 4.69) is 10.2 Å². The van der Waals surface area contributed by atoms with E-state index in [1.54, 1.807) is 12.1 Å². The van der Waals surface area contributed by atoms with Crippen LogP contribution in [0, 0.1) is 11.7 Å². The van der Waals surface area contributed by atoms with Gasteiger partial charge in [0.05, 0.1) is 12.6 Å². The number of methoxy groups -OCH3 is 1. The number of likely N-dealkylation sites (tertiary alicyclic amines) is 1. The molecular weight excluding hydrogens is 283 g/mol. The first kappa shape index (κ1) is 16.7. The van der Waals surface area contributed by atoms with Crippen molar-refractivity contribution in [2.75, 3.05) is 26.7 Å². The summed E-state index contributed by atoms with van der Waals surface area (Å²) >= 11 is 0. The number of nitrogens with zero attached hydrogens (tertiary/aromatic N) is 1. The van der Waals surface area contributed by atoms with Crippen LogP contribution in [0.25, 0.3) is 0 Å². The first-order chi connectivity index (χ1) is 10.3. The molecule has 1 atom stereocenters. The molecule has 1 saturated heterocycles. The van der Waals surface area contributed by atoms with E-state index >= 15 is 0 Å². The molecule has 2 rings (SSSR count). The second kappa shape index (κ2) is 6.65. The summed E-state index contributed by atoms with van der Waals surface area (Å²) in [4.78, 5) is 14.7. The maximum absolute atomic E-state index is 13.9. The lowest BCUT2D eigenvalue weighted by Gasteiger charge is -2.34. The van der Waals surface area contributed by atoms with Crippen molar-refractivity contribution in [1.29, 1.82) is 0 Å². The number of ether oxygens (including phenoxy) is 1. The maximum Gasteiger partial charge on any atom is 0.224 e. The van der Waals surface area contributed by atoms with Gasteiger partial charge in [-0.05, 0) is 39.4 Å². The van der Waals surface area contributed by atoms with E-state index in [0.717, 1.165) is 19.6 Å². The molecule has 1 heterocycles. The Hall–Kier alpha value is -1.62. The maximum atomic E-state index is 13.9. The van der Waals surface area contributed by atoms with E-state index in [1.165, 1.54) is 19.6 Å². The standard InChI is InChI=1S/C17H25FN2O2/c1-12(11-20-9-6-10-20)16(21)19-17(2,3)13-7-5-8-14(18)15(13)22-4/h5,7-8,12H,6,9-11H2,1-4H3,(H,19,21). The molecule has 1 aliphatic heterocycles. The van der Waals surface area contributed by atoms with Crippen LogP contribution in [0.4, 0.5) is 4.39 Å². The minimum Gasteiger partial charge on any atom is -0.493 e. The molecule has 0 bridgehead atoms. The minimum absolute atomic E-state index is 0.0248. The summed E-state index contributed by atoms with van der Waals surface area (Å²) < 4.78 is 19.0. The molecule has 22 heavy (non-hydrogen) atoms. The molecule has 1 N–H and O–H groups in total. The van der Waals surface area contributed by atoms with Crippen LogP contribution in [0.3, 0.4) is 0 Å². The van der Waals surface area contributed by atoms with Crippen molar-refractivity contribution in [3.8, 4) is 5.75 Å². The van der Waals surface area contributed by atoms with Gasteiger partial charge in [-0.3, -0.25) is 4.79 Å². The molecule has 1 aromatic carbocycles. The van der Waals surface area contributed by atoms with Crippen LogP contribution in [-0.2, 0) is 10.3 Å². The van der Waals surface area contributed by atoms with Crippen LogP contribution in [0.15, 0.2) is 18.2 Å². The van der Waals surface area contributed by atoms with Gasteiger partial charge in [0.15, 0.2) is 11.6 Å². The molecule has 1 unspecified atom stereocenters. The normalized spacial score (nSPS) is 16.8. The molecule has 0 saturated carbocycles. The number of hydrogen-bond donors (Lipinski definition) is 1. The fraction of sp³-hybridized carbons (Fsp3) is 0.588. The highest BCUT2D eigenvalue weighted by Crippen LogP contribution is 2.32. The van der Waals surface area contributed by atoms with Crippen LogP contribution in [0.1, 0.15) is 32.8 Å². The quantitative estimate of drug-likeness (QED) is 0.878. The zero-order chi connectivity index (χ0) is 16.3. The molecule has 1 aliphatic rings. The largest absolute Gasteiger partial charge is 0.493 e. The average Bonchev–Trinajstić information content (AvgIpc) is 2.41. The molecule has 5 heteroatoms. The monoisotopic (exact) mass is 308 g/mol. The molecular formula is C17H25FN2O2. The van der Waals surface area contributed by atoms with Crippen LogP contribution in [-0.4, -0.2) is 37.6 Å². The van der Waals surface area contributed by atoms with E-state index in [4.69, 9.17) is 4.74 Å². The number of benzene rings is 1. The van der Waals surface area contributed by atoms with Crippen molar-refractivity contribution in [2.24, 2.45) is 5.92 Å². The molecule has 0 aliphatic carbocycles. The van der Waals surface area contributed by atoms with Crippen molar-refractivity contribution < 1.29 is 13.9 Å². The zero-order valence-electron chi connectivity index (χ0n) is 13.8. The minimum atomic E-state index is -0.701. The third-order valence-corrected chi connectivity index (χ3v) is 4.21. The van der Waals surface area contributed by atoms with Crippen LogP contribution in [0.2, 0.25) is 0 Å². The van der Waals surface area contributed by atoms with Gasteiger partial charge in [0.2, 0.25) is 5.91 Å². The molecule has 1 amide bonds. The van der Waals surface area contributed by atoms with E-state index in [0.29, 0.717) is 5.56 Å². The van der Waals surface area contributed by atoms with Crippen LogP contribution >= 0.6 is 0 Å². The second-order valence-electron chi connectivity index (χ2n) is 6.49. The Kier molecular flexibility index (Phi) is 5.06. The van der Waals surface area contributed by atoms with Crippen molar-refractivity contribution in [3.63, 3.8) is 0 Å². The van der Waals surface area contributed by atoms with Gasteiger partial charge < -0.3 is 15.0 Å². The number of carbonyl (C=O) groups is 1. The topological polar surface area (TPSA) is 41.6 Å². The predicted octanol–water partition coefficient (Wildman–Crippen LogP) is 2.53. The summed E-state index contributed by atoms with van der Waals surface area (Å²) in [6.45, 7) is 8.54. The highest BCUT2D eigenvalue weighted by molar-refractivity contribution is 5.79. The summed E-state index contributed by atoms with van der Waals surface area (Å²) in [5.74, 6) is -0.360. The zero-order valence-corrected chi connectivity index (χ0v) is 13.8. The van der Waals surface area contributed by atoms with Crippen molar-refractivity contribution in [2.45, 2.75) is 32.7 Å². The fourth-order valence-electron chi connectivity index (χ4n) is 2.74. The van der Waals surface area contributed by atoms with E-state index in [-0.39, 0.29) is 17.6 Å². The number of carbonyl (C=O) groups excluding carboxylic acids is 1. The molecule has 0 aromatic heterocycles. The summed E-state index contributed by atoms with van der Waals surface area (Å²) in [7, 11) is 1.44. The lowest BCUT2D eigenvalue weighted by molar-refractivity contribution is -0.127. The highest BCUT2D eigenvalue weighted by Gasteiger charge is 2.30. The van der Waals surface area contributed by atoms with Crippen molar-refractivity contribution in [1.82, 2.24) is 10.2 Å². The van der Waals surface area contributed by atoms with Crippen LogP contribution < -0.4 is 10.1 Å². The second-order valence-corrected chi connectivity index (χ2v) is 6.49. The Morgan fingerprint density at radius 2 is 2.14 bits per heavy atom. The Balaban J connectivity index is 2.09. The molecule has 1 fully saturated rings. The fourth-order valence-corrected chi connectivity index (χ4v) is 2.74. The van der Waals surface area contributed by atoms with Gasteiger partial charge in [0.25, 0.3) is 0 Å². The lowest BCUT2D eigenvalue weighted by atomic mass is 9.92. The SMILES string of the molecule is COc1c(F)cccc1C(C)(C)NC(=O)C(C)CN1CCC1. The van der Waals surface area contributed by atoms with Gasteiger partial charge in [-0.1, -0.05) is 19.1 Å². The molecule has 0 radical (unpaired) electrons. The number of halogens is 1. The van der Waals surface area contributed by atoms with Gasteiger partial charge in [-0.15, -0.1) is 0 Å². The highest BCUT2D eigenvalue weighted by atomic mass is 19.1. The first-order valence-corrected chi connectivity index (χ1v) is 7.72. The lowest BCUT2D eigenvalue weighted by Crippen LogP contribution is -2.48. The van der Waals surface area contributed by atoms with E-state index < -0.39 is 11.4 Å². The van der Waals surface area contributed by atoms with Gasteiger partial charge in [-0.25, -0.2) is 4.39 Å². The van der Waals surface area contributed by atoms with Gasteiger partial charge >= 0.3 is 0 Å². The average molecular weight is 308 g/mol. The summed E-state index contributed by atoms with van der Waals surface area (Å²) in [5, 5.41) is 3.02. The Bertz CT molecular complexity index is 541. The van der Waals surface area contributed by atoms with E-state index in [9.17, 15) is 9.18 Å². The molecule has 0 spiro atoms. The Morgan fingerprint density at radius 1 is 1.45 bits per heavy atom. The number of para-hydroxylation sites is 1. The number of rotatable bonds is 6. The first-order valence-electron chi connectivity index (χ1n) is 7.72. The third kappa shape index (κ3) is 3.58. The Labute approximate surface area is 131 Å². The van der Waals surface area contributed by atoms with Gasteiger partial charge in [0.1, 0.15) is 0 Å². The number of amides is 1. The van der Waals surface area contributed by atoms with Crippen molar-refractivity contribution in [3.05, 3.63) is 29.6 Å². The summed E-state index contributed by atoms with van der Waals surface area (Å²) in [6, 6.07) is 4.76. The summed E-state index contributed by atoms with van der Waals surface area (Å²) in [6.07, 6.45) is 1.21.